The molecule has 0 aromatic carbocycles. The number of amides is 1. The van der Waals surface area contributed by atoms with E-state index >= 15 is 0 Å². The summed E-state index contributed by atoms with van der Waals surface area (Å²) in [6.07, 6.45) is 8.38. The predicted molar refractivity (Wildman–Crippen MR) is 85.7 cm³/mol. The van der Waals surface area contributed by atoms with Crippen LogP contribution in [0, 0.1) is 28.6 Å². The lowest BCUT2D eigenvalue weighted by atomic mass is 9.49. The fourth-order valence-corrected chi connectivity index (χ4v) is 5.29. The van der Waals surface area contributed by atoms with E-state index in [-0.39, 0.29) is 5.91 Å². The van der Waals surface area contributed by atoms with Gasteiger partial charge in [-0.15, -0.1) is 0 Å². The summed E-state index contributed by atoms with van der Waals surface area (Å²) >= 11 is 0. The summed E-state index contributed by atoms with van der Waals surface area (Å²) in [7, 11) is 0. The molecule has 0 heterocycles. The first-order valence-corrected chi connectivity index (χ1v) is 8.68. The molecule has 0 atom stereocenters. The van der Waals surface area contributed by atoms with Crippen molar-refractivity contribution in [1.82, 2.24) is 5.32 Å². The van der Waals surface area contributed by atoms with Gasteiger partial charge in [-0.3, -0.25) is 4.79 Å². The highest BCUT2D eigenvalue weighted by Crippen LogP contribution is 2.59. The molecule has 0 radical (unpaired) electrons. The Morgan fingerprint density at radius 1 is 1.05 bits per heavy atom. The number of hydrogen-bond acceptors (Lipinski definition) is 2. The van der Waals surface area contributed by atoms with Crippen LogP contribution in [0.1, 0.15) is 66.2 Å². The predicted octanol–water partition coefficient (Wildman–Crippen LogP) is 3.08. The number of hydrogen-bond donors (Lipinski definition) is 2. The molecule has 1 amide bonds. The first-order chi connectivity index (χ1) is 9.61. The first-order valence-electron chi connectivity index (χ1n) is 8.68. The van der Waals surface area contributed by atoms with Crippen molar-refractivity contribution in [2.45, 2.75) is 71.8 Å². The molecule has 0 aromatic heterocycles. The molecule has 0 aromatic rings. The molecular weight excluding hydrogens is 260 g/mol. The summed E-state index contributed by atoms with van der Waals surface area (Å²) < 4.78 is 0. The van der Waals surface area contributed by atoms with Gasteiger partial charge in [0.1, 0.15) is 0 Å². The van der Waals surface area contributed by atoms with Crippen LogP contribution < -0.4 is 11.1 Å². The average Bonchev–Trinajstić information content (AvgIpc) is 2.32. The molecule has 4 saturated carbocycles. The molecule has 21 heavy (non-hydrogen) atoms. The molecule has 4 aliphatic rings. The Kier molecular flexibility index (Phi) is 3.44. The lowest BCUT2D eigenvalue weighted by molar-refractivity contribution is -0.134. The van der Waals surface area contributed by atoms with E-state index in [1.165, 1.54) is 38.5 Å². The third-order valence-corrected chi connectivity index (χ3v) is 6.97. The number of carbonyl (C=O) groups is 1. The van der Waals surface area contributed by atoms with Gasteiger partial charge >= 0.3 is 0 Å². The summed E-state index contributed by atoms with van der Waals surface area (Å²) in [5.41, 5.74) is 5.56. The maximum atomic E-state index is 12.6. The summed E-state index contributed by atoms with van der Waals surface area (Å²) in [6.45, 7) is 8.67. The molecule has 4 rings (SSSR count). The van der Waals surface area contributed by atoms with E-state index in [1.807, 2.05) is 27.7 Å². The number of nitrogens with two attached hydrogens (primary N) is 1. The van der Waals surface area contributed by atoms with E-state index in [0.717, 1.165) is 24.3 Å². The first kappa shape index (κ1) is 15.3. The van der Waals surface area contributed by atoms with Gasteiger partial charge in [-0.1, -0.05) is 0 Å². The Labute approximate surface area is 129 Å². The van der Waals surface area contributed by atoms with E-state index in [4.69, 9.17) is 5.73 Å². The Balaban J connectivity index is 1.64. The van der Waals surface area contributed by atoms with Gasteiger partial charge in [0.25, 0.3) is 0 Å². The van der Waals surface area contributed by atoms with Crippen molar-refractivity contribution in [2.75, 3.05) is 6.54 Å². The van der Waals surface area contributed by atoms with Crippen molar-refractivity contribution in [1.29, 1.82) is 0 Å². The van der Waals surface area contributed by atoms with Crippen LogP contribution in [0.15, 0.2) is 0 Å². The third-order valence-electron chi connectivity index (χ3n) is 6.97. The molecule has 0 unspecified atom stereocenters. The minimum Gasteiger partial charge on any atom is -0.355 e. The van der Waals surface area contributed by atoms with E-state index in [9.17, 15) is 4.79 Å². The number of rotatable bonds is 4. The molecule has 0 spiro atoms. The highest BCUT2D eigenvalue weighted by Gasteiger charge is 2.51. The lowest BCUT2D eigenvalue weighted by Gasteiger charge is -2.57. The van der Waals surface area contributed by atoms with Gasteiger partial charge in [0.05, 0.1) is 5.41 Å². The summed E-state index contributed by atoms with van der Waals surface area (Å²) in [5.74, 6) is 2.93. The maximum Gasteiger partial charge on any atom is 0.227 e. The van der Waals surface area contributed by atoms with Crippen molar-refractivity contribution in [3.8, 4) is 0 Å². The third kappa shape index (κ3) is 2.62. The van der Waals surface area contributed by atoms with Crippen molar-refractivity contribution in [3.05, 3.63) is 0 Å². The second kappa shape index (κ2) is 4.71. The standard InChI is InChI=1S/C18H32N2O/c1-16(2,17(3,4)19)15(21)20-11-18-8-12-5-13(9-18)7-14(6-12)10-18/h12-14H,5-11,19H2,1-4H3,(H,20,21). The SMILES string of the molecule is CC(C)(N)C(C)(C)C(=O)NCC12CC3CC(CC(C3)C1)C2. The largest absolute Gasteiger partial charge is 0.355 e. The molecule has 4 aliphatic carbocycles. The molecular formula is C18H32N2O. The number of carbonyl (C=O) groups excluding carboxylic acids is 1. The summed E-state index contributed by atoms with van der Waals surface area (Å²) in [6, 6.07) is 0. The molecule has 4 fully saturated rings. The molecule has 3 nitrogen and oxygen atoms in total. The van der Waals surface area contributed by atoms with Crippen LogP contribution in [0.4, 0.5) is 0 Å². The lowest BCUT2D eigenvalue weighted by Crippen LogP contribution is -2.58. The summed E-state index contributed by atoms with van der Waals surface area (Å²) in [4.78, 5) is 12.6. The highest BCUT2D eigenvalue weighted by atomic mass is 16.2. The Hall–Kier alpha value is -0.570. The Morgan fingerprint density at radius 2 is 1.48 bits per heavy atom. The molecule has 4 bridgehead atoms. The van der Waals surface area contributed by atoms with E-state index in [0.29, 0.717) is 5.41 Å². The minimum absolute atomic E-state index is 0.116. The van der Waals surface area contributed by atoms with Crippen LogP contribution >= 0.6 is 0 Å². The Bertz CT molecular complexity index is 398. The zero-order chi connectivity index (χ0) is 15.5. The van der Waals surface area contributed by atoms with Gasteiger partial charge in [0.15, 0.2) is 0 Å². The van der Waals surface area contributed by atoms with Crippen LogP contribution in [0.3, 0.4) is 0 Å². The monoisotopic (exact) mass is 292 g/mol. The van der Waals surface area contributed by atoms with E-state index < -0.39 is 11.0 Å². The van der Waals surface area contributed by atoms with Crippen LogP contribution in [0.5, 0.6) is 0 Å². The van der Waals surface area contributed by atoms with Crippen molar-refractivity contribution >= 4 is 5.91 Å². The molecule has 0 aliphatic heterocycles. The van der Waals surface area contributed by atoms with Gasteiger partial charge in [-0.2, -0.15) is 0 Å². The van der Waals surface area contributed by atoms with E-state index in [2.05, 4.69) is 5.32 Å². The Morgan fingerprint density at radius 3 is 1.86 bits per heavy atom. The van der Waals surface area contributed by atoms with Crippen LogP contribution in [0.2, 0.25) is 0 Å². The molecule has 0 saturated heterocycles. The zero-order valence-corrected chi connectivity index (χ0v) is 14.2. The normalized spacial score (nSPS) is 38.6. The average molecular weight is 292 g/mol. The second-order valence-electron chi connectivity index (χ2n) is 9.45. The van der Waals surface area contributed by atoms with Crippen LogP contribution in [0.25, 0.3) is 0 Å². The second-order valence-corrected chi connectivity index (χ2v) is 9.45. The zero-order valence-electron chi connectivity index (χ0n) is 14.2. The maximum absolute atomic E-state index is 12.6. The van der Waals surface area contributed by atoms with Gasteiger partial charge in [0, 0.05) is 12.1 Å². The summed E-state index contributed by atoms with van der Waals surface area (Å²) in [5, 5.41) is 3.27. The molecule has 120 valence electrons. The quantitative estimate of drug-likeness (QED) is 0.836. The smallest absolute Gasteiger partial charge is 0.227 e. The van der Waals surface area contributed by atoms with Gasteiger partial charge < -0.3 is 11.1 Å². The van der Waals surface area contributed by atoms with Crippen LogP contribution in [-0.2, 0) is 4.79 Å². The molecule has 3 N–H and O–H groups in total. The number of nitrogens with one attached hydrogen (secondary N) is 1. The highest BCUT2D eigenvalue weighted by molar-refractivity contribution is 5.83. The van der Waals surface area contributed by atoms with Gasteiger partial charge in [-0.25, -0.2) is 0 Å². The minimum atomic E-state index is -0.532. The topological polar surface area (TPSA) is 55.1 Å². The van der Waals surface area contributed by atoms with E-state index in [1.54, 1.807) is 0 Å². The van der Waals surface area contributed by atoms with Gasteiger partial charge in [0.2, 0.25) is 5.91 Å². The fraction of sp³-hybridized carbons (Fsp3) is 0.944. The fourth-order valence-electron chi connectivity index (χ4n) is 5.29. The van der Waals surface area contributed by atoms with Crippen LogP contribution in [-0.4, -0.2) is 18.0 Å². The van der Waals surface area contributed by atoms with Crippen molar-refractivity contribution in [3.63, 3.8) is 0 Å². The van der Waals surface area contributed by atoms with Crippen molar-refractivity contribution in [2.24, 2.45) is 34.3 Å². The molecule has 3 heteroatoms. The van der Waals surface area contributed by atoms with Crippen molar-refractivity contribution < 1.29 is 4.79 Å². The van der Waals surface area contributed by atoms with Gasteiger partial charge in [-0.05, 0) is 89.4 Å².